The molecule has 25 heavy (non-hydrogen) atoms. The average Bonchev–Trinajstić information content (AvgIpc) is 2.58. The Morgan fingerprint density at radius 1 is 0.880 bits per heavy atom. The number of phenols is 1. The third kappa shape index (κ3) is 4.24. The van der Waals surface area contributed by atoms with Crippen LogP contribution >= 0.6 is 19.4 Å². The van der Waals surface area contributed by atoms with Crippen LogP contribution in [-0.4, -0.2) is 10.00 Å². The number of hydrogen-bond donors (Lipinski definition) is 3. The lowest BCUT2D eigenvalue weighted by Gasteiger charge is -2.28. The summed E-state index contributed by atoms with van der Waals surface area (Å²) in [6.07, 6.45) is 0. The fourth-order valence-electron chi connectivity index (χ4n) is 2.39. The molecule has 0 radical (unpaired) electrons. The molecule has 0 spiro atoms. The minimum atomic E-state index is -4.13. The molecule has 0 bridgehead atoms. The Kier molecular flexibility index (Phi) is 5.16. The number of nitrogens with two attached hydrogens (primary N) is 1. The molecular formula is C18H17N2O3PS. The Labute approximate surface area is 150 Å². The molecule has 0 fully saturated rings. The highest BCUT2D eigenvalue weighted by Crippen LogP contribution is 2.50. The van der Waals surface area contributed by atoms with E-state index in [1.807, 2.05) is 42.5 Å². The molecule has 128 valence electrons. The van der Waals surface area contributed by atoms with Crippen LogP contribution in [0, 0.1) is 0 Å². The quantitative estimate of drug-likeness (QED) is 0.561. The Morgan fingerprint density at radius 3 is 2.12 bits per heavy atom. The summed E-state index contributed by atoms with van der Waals surface area (Å²) in [6, 6.07) is 23.0. The fourth-order valence-corrected chi connectivity index (χ4v) is 4.36. The first-order chi connectivity index (χ1) is 11.9. The van der Waals surface area contributed by atoms with Gasteiger partial charge in [0.25, 0.3) is 0 Å². The number of anilines is 2. The summed E-state index contributed by atoms with van der Waals surface area (Å²) in [5.41, 5.74) is 6.56. The molecule has 1 unspecified atom stereocenters. The number of benzene rings is 3. The zero-order valence-corrected chi connectivity index (χ0v) is 14.9. The maximum absolute atomic E-state index is 12.4. The summed E-state index contributed by atoms with van der Waals surface area (Å²) in [4.78, 5) is 11.9. The van der Waals surface area contributed by atoms with E-state index in [4.69, 9.17) is 5.50 Å². The molecule has 0 aliphatic carbocycles. The van der Waals surface area contributed by atoms with Gasteiger partial charge >= 0.3 is 7.67 Å². The van der Waals surface area contributed by atoms with Gasteiger partial charge in [-0.25, -0.2) is 10.1 Å². The van der Waals surface area contributed by atoms with Gasteiger partial charge in [0.1, 0.15) is 5.75 Å². The number of nitrogens with zero attached hydrogens (tertiary/aromatic N) is 1. The fraction of sp³-hybridized carbons (Fsp3) is 0. The van der Waals surface area contributed by atoms with Gasteiger partial charge in [-0.2, -0.15) is 0 Å². The van der Waals surface area contributed by atoms with Gasteiger partial charge in [0.2, 0.25) is 0 Å². The van der Waals surface area contributed by atoms with Crippen LogP contribution < -0.4 is 10.2 Å². The first-order valence-electron chi connectivity index (χ1n) is 7.48. The van der Waals surface area contributed by atoms with E-state index in [2.05, 4.69) is 0 Å². The highest BCUT2D eigenvalue weighted by Gasteiger charge is 2.27. The van der Waals surface area contributed by atoms with Gasteiger partial charge in [-0.05, 0) is 48.5 Å². The maximum atomic E-state index is 12.4. The van der Waals surface area contributed by atoms with E-state index in [1.54, 1.807) is 24.3 Å². The molecule has 5 nitrogen and oxygen atoms in total. The van der Waals surface area contributed by atoms with E-state index in [1.165, 1.54) is 28.6 Å². The van der Waals surface area contributed by atoms with Crippen molar-refractivity contribution in [2.24, 2.45) is 5.50 Å². The summed E-state index contributed by atoms with van der Waals surface area (Å²) in [5, 5.41) is 9.48. The minimum absolute atomic E-state index is 0.0699. The van der Waals surface area contributed by atoms with Crippen LogP contribution in [0.3, 0.4) is 0 Å². The predicted molar refractivity (Wildman–Crippen MR) is 101 cm³/mol. The van der Waals surface area contributed by atoms with Crippen molar-refractivity contribution in [3.63, 3.8) is 0 Å². The molecule has 0 aliphatic heterocycles. The molecule has 1 atom stereocenters. The molecule has 3 rings (SSSR count). The minimum Gasteiger partial charge on any atom is -0.508 e. The van der Waals surface area contributed by atoms with Crippen LogP contribution in [0.4, 0.5) is 11.4 Å². The summed E-state index contributed by atoms with van der Waals surface area (Å²) in [5.74, 6) is 0.0699. The zero-order chi connectivity index (χ0) is 17.9. The summed E-state index contributed by atoms with van der Waals surface area (Å²) < 4.78 is 13.6. The van der Waals surface area contributed by atoms with Crippen LogP contribution in [0.15, 0.2) is 88.7 Å². The van der Waals surface area contributed by atoms with Crippen molar-refractivity contribution >= 4 is 30.8 Å². The Balaban J connectivity index is 2.08. The smallest absolute Gasteiger partial charge is 0.367 e. The monoisotopic (exact) mass is 372 g/mol. The van der Waals surface area contributed by atoms with Crippen molar-refractivity contribution in [2.45, 2.75) is 9.79 Å². The molecule has 4 N–H and O–H groups in total. The summed E-state index contributed by atoms with van der Waals surface area (Å²) >= 11 is 1.48. The van der Waals surface area contributed by atoms with Crippen molar-refractivity contribution in [2.75, 3.05) is 4.67 Å². The van der Waals surface area contributed by atoms with Crippen LogP contribution in [0.5, 0.6) is 5.75 Å². The molecule has 3 aromatic carbocycles. The largest absolute Gasteiger partial charge is 0.508 e. The highest BCUT2D eigenvalue weighted by molar-refractivity contribution is 7.99. The van der Waals surface area contributed by atoms with Gasteiger partial charge in [-0.15, -0.1) is 0 Å². The van der Waals surface area contributed by atoms with E-state index in [9.17, 15) is 14.6 Å². The Morgan fingerprint density at radius 2 is 1.48 bits per heavy atom. The van der Waals surface area contributed by atoms with Gasteiger partial charge in [0.05, 0.1) is 11.4 Å². The molecule has 0 saturated carbocycles. The molecule has 0 amide bonds. The van der Waals surface area contributed by atoms with Crippen LogP contribution in [-0.2, 0) is 4.57 Å². The molecular weight excluding hydrogens is 355 g/mol. The van der Waals surface area contributed by atoms with Crippen molar-refractivity contribution < 1.29 is 14.6 Å². The second kappa shape index (κ2) is 7.33. The normalized spacial score (nSPS) is 13.2. The van der Waals surface area contributed by atoms with Crippen molar-refractivity contribution in [3.05, 3.63) is 78.9 Å². The zero-order valence-electron chi connectivity index (χ0n) is 13.2. The highest BCUT2D eigenvalue weighted by atomic mass is 32.2. The SMILES string of the molecule is NP(=O)(O)N(c1ccc(O)cc1)c1ccccc1Sc1ccccc1. The predicted octanol–water partition coefficient (Wildman–Crippen LogP) is 4.74. The summed E-state index contributed by atoms with van der Waals surface area (Å²) in [6.45, 7) is 0. The van der Waals surface area contributed by atoms with Crippen LogP contribution in [0.25, 0.3) is 0 Å². The standard InChI is InChI=1S/C18H17N2O3PS/c19-24(22,23)20(14-10-12-15(21)13-11-14)17-8-4-5-9-18(17)25-16-6-2-1-3-7-16/h1-13,21H,(H3,19,22,23). The maximum Gasteiger partial charge on any atom is 0.367 e. The van der Waals surface area contributed by atoms with Crippen molar-refractivity contribution in [3.8, 4) is 5.75 Å². The van der Waals surface area contributed by atoms with E-state index in [0.717, 1.165) is 9.79 Å². The van der Waals surface area contributed by atoms with Gasteiger partial charge in [-0.1, -0.05) is 42.1 Å². The molecule has 0 heterocycles. The number of rotatable bonds is 5. The van der Waals surface area contributed by atoms with Crippen molar-refractivity contribution in [1.29, 1.82) is 0 Å². The number of aromatic hydroxyl groups is 1. The van der Waals surface area contributed by atoms with Gasteiger partial charge in [-0.3, -0.25) is 4.67 Å². The first-order valence-corrected chi connectivity index (χ1v) is 9.98. The number of phenolic OH excluding ortho intramolecular Hbond substituents is 1. The van der Waals surface area contributed by atoms with E-state index in [-0.39, 0.29) is 5.75 Å². The van der Waals surface area contributed by atoms with E-state index >= 15 is 0 Å². The number of hydrogen-bond acceptors (Lipinski definition) is 3. The molecule has 0 aliphatic rings. The van der Waals surface area contributed by atoms with Crippen LogP contribution in [0.2, 0.25) is 0 Å². The molecule has 3 aromatic rings. The Hall–Kier alpha value is -2.24. The first kappa shape index (κ1) is 17.6. The Bertz CT molecular complexity index is 898. The third-order valence-electron chi connectivity index (χ3n) is 3.45. The van der Waals surface area contributed by atoms with Gasteiger partial charge in [0.15, 0.2) is 0 Å². The van der Waals surface area contributed by atoms with Gasteiger partial charge in [0, 0.05) is 9.79 Å². The van der Waals surface area contributed by atoms with E-state index in [0.29, 0.717) is 11.4 Å². The van der Waals surface area contributed by atoms with Crippen molar-refractivity contribution in [1.82, 2.24) is 0 Å². The summed E-state index contributed by atoms with van der Waals surface area (Å²) in [7, 11) is -4.13. The lowest BCUT2D eigenvalue weighted by Crippen LogP contribution is -2.19. The lowest BCUT2D eigenvalue weighted by molar-refractivity contribution is 0.474. The lowest BCUT2D eigenvalue weighted by atomic mass is 10.2. The molecule has 0 aromatic heterocycles. The van der Waals surface area contributed by atoms with Crippen LogP contribution in [0.1, 0.15) is 0 Å². The third-order valence-corrected chi connectivity index (χ3v) is 5.54. The van der Waals surface area contributed by atoms with Gasteiger partial charge < -0.3 is 10.00 Å². The second-order valence-corrected chi connectivity index (χ2v) is 7.99. The second-order valence-electron chi connectivity index (χ2n) is 5.30. The topological polar surface area (TPSA) is 86.8 Å². The molecule has 0 saturated heterocycles. The number of para-hydroxylation sites is 1. The van der Waals surface area contributed by atoms with E-state index < -0.39 is 7.67 Å². The average molecular weight is 372 g/mol. The molecule has 7 heteroatoms.